The lowest BCUT2D eigenvalue weighted by Crippen LogP contribution is -2.63. The van der Waals surface area contributed by atoms with Crippen molar-refractivity contribution in [3.63, 3.8) is 0 Å². The zero-order valence-corrected chi connectivity index (χ0v) is 12.1. The third-order valence-electron chi connectivity index (χ3n) is 2.97. The highest BCUT2D eigenvalue weighted by Gasteiger charge is 2.51. The first kappa shape index (κ1) is 15.4. The lowest BCUT2D eigenvalue weighted by atomic mass is 9.83. The highest BCUT2D eigenvalue weighted by Crippen LogP contribution is 2.39. The summed E-state index contributed by atoms with van der Waals surface area (Å²) in [6, 6.07) is 3.37. The molecule has 8 heteroatoms. The Balaban J connectivity index is 1.92. The van der Waals surface area contributed by atoms with E-state index >= 15 is 0 Å². The van der Waals surface area contributed by atoms with Gasteiger partial charge in [-0.05, 0) is 19.1 Å². The predicted octanol–water partition coefficient (Wildman–Crippen LogP) is 3.24. The summed E-state index contributed by atoms with van der Waals surface area (Å²) in [7, 11) is 0. The quantitative estimate of drug-likeness (QED) is 0.630. The average Bonchev–Trinajstić information content (AvgIpc) is 2.35. The average molecular weight is 325 g/mol. The van der Waals surface area contributed by atoms with Gasteiger partial charge in [0.05, 0.1) is 10.4 Å². The number of amides is 1. The minimum absolute atomic E-state index is 0.1000. The molecular weight excluding hydrogens is 313 g/mol. The van der Waals surface area contributed by atoms with Crippen molar-refractivity contribution in [3.8, 4) is 0 Å². The van der Waals surface area contributed by atoms with Crippen LogP contribution in [-0.2, 0) is 4.79 Å². The fourth-order valence-electron chi connectivity index (χ4n) is 2.01. The van der Waals surface area contributed by atoms with E-state index in [9.17, 15) is 18.0 Å². The Morgan fingerprint density at radius 2 is 2.25 bits per heavy atom. The van der Waals surface area contributed by atoms with Gasteiger partial charge in [-0.3, -0.25) is 4.79 Å². The number of β-lactam (4-membered cyclic amide) rings is 1. The Labute approximate surface area is 123 Å². The van der Waals surface area contributed by atoms with Gasteiger partial charge in [-0.1, -0.05) is 11.6 Å². The van der Waals surface area contributed by atoms with Crippen molar-refractivity contribution in [2.24, 2.45) is 5.41 Å². The van der Waals surface area contributed by atoms with Crippen LogP contribution in [0.2, 0.25) is 5.02 Å². The molecule has 0 aromatic carbocycles. The molecule has 1 aliphatic rings. The third-order valence-corrected chi connectivity index (χ3v) is 4.76. The van der Waals surface area contributed by atoms with Crippen LogP contribution in [0.25, 0.3) is 0 Å². The second-order valence-corrected chi connectivity index (χ2v) is 6.29. The first-order chi connectivity index (χ1) is 9.21. The first-order valence-corrected chi connectivity index (χ1v) is 7.17. The molecule has 1 amide bonds. The molecule has 2 rings (SSSR count). The number of thioether (sulfide) groups is 1. The van der Waals surface area contributed by atoms with Gasteiger partial charge >= 0.3 is 6.18 Å². The van der Waals surface area contributed by atoms with Crippen molar-refractivity contribution in [2.45, 2.75) is 18.1 Å². The Bertz CT molecular complexity index is 526. The lowest BCUT2D eigenvalue weighted by Gasteiger charge is -2.46. The minimum Gasteiger partial charge on any atom is -0.332 e. The van der Waals surface area contributed by atoms with Gasteiger partial charge in [0.2, 0.25) is 5.91 Å². The van der Waals surface area contributed by atoms with E-state index in [2.05, 4.69) is 4.98 Å². The Hall–Kier alpha value is -0.950. The molecule has 0 aliphatic carbocycles. The Morgan fingerprint density at radius 1 is 1.55 bits per heavy atom. The lowest BCUT2D eigenvalue weighted by molar-refractivity contribution is -0.184. The number of halogens is 4. The molecular formula is C12H12ClF3N2OS. The molecule has 110 valence electrons. The van der Waals surface area contributed by atoms with Gasteiger partial charge in [0.25, 0.3) is 0 Å². The summed E-state index contributed by atoms with van der Waals surface area (Å²) in [4.78, 5) is 16.7. The third kappa shape index (κ3) is 3.38. The van der Waals surface area contributed by atoms with Crippen molar-refractivity contribution in [3.05, 3.63) is 23.4 Å². The van der Waals surface area contributed by atoms with Crippen molar-refractivity contribution in [2.75, 3.05) is 18.8 Å². The smallest absolute Gasteiger partial charge is 0.332 e. The largest absolute Gasteiger partial charge is 0.406 e. The second-order valence-electron chi connectivity index (χ2n) is 4.92. The number of pyridine rings is 1. The summed E-state index contributed by atoms with van der Waals surface area (Å²) in [5.41, 5.74) is -0.781. The van der Waals surface area contributed by atoms with Gasteiger partial charge in [0, 0.05) is 18.5 Å². The summed E-state index contributed by atoms with van der Waals surface area (Å²) in [5.74, 6) is -0.119. The molecule has 1 unspecified atom stereocenters. The van der Waals surface area contributed by atoms with Crippen LogP contribution in [0.15, 0.2) is 23.4 Å². The fourth-order valence-corrected chi connectivity index (χ4v) is 3.30. The Kier molecular flexibility index (Phi) is 4.20. The van der Waals surface area contributed by atoms with Crippen LogP contribution in [0, 0.1) is 5.41 Å². The molecule has 20 heavy (non-hydrogen) atoms. The molecule has 0 radical (unpaired) electrons. The molecule has 2 heterocycles. The van der Waals surface area contributed by atoms with E-state index in [0.29, 0.717) is 15.8 Å². The van der Waals surface area contributed by atoms with E-state index in [1.54, 1.807) is 25.3 Å². The van der Waals surface area contributed by atoms with Gasteiger partial charge < -0.3 is 4.90 Å². The van der Waals surface area contributed by atoms with Gasteiger partial charge in [0.1, 0.15) is 11.6 Å². The molecule has 0 N–H and O–H groups in total. The summed E-state index contributed by atoms with van der Waals surface area (Å²) in [6.07, 6.45) is -2.77. The standard InChI is InChI=1S/C12H12ClF3N2OS/c1-11(5-18(10(11)19)6-12(14,15)16)7-20-9-8(13)3-2-4-17-9/h2-4H,5-7H2,1H3. The zero-order chi connectivity index (χ0) is 15.0. The van der Waals surface area contributed by atoms with Crippen LogP contribution in [0.1, 0.15) is 6.92 Å². The van der Waals surface area contributed by atoms with Crippen molar-refractivity contribution in [1.29, 1.82) is 0 Å². The highest BCUT2D eigenvalue weighted by atomic mass is 35.5. The van der Waals surface area contributed by atoms with Crippen molar-refractivity contribution >= 4 is 29.3 Å². The van der Waals surface area contributed by atoms with Gasteiger partial charge in [-0.2, -0.15) is 13.2 Å². The minimum atomic E-state index is -4.35. The fraction of sp³-hybridized carbons (Fsp3) is 0.500. The number of carbonyl (C=O) groups is 1. The normalized spacial score (nSPS) is 22.9. The number of hydrogen-bond acceptors (Lipinski definition) is 3. The summed E-state index contributed by atoms with van der Waals surface area (Å²) < 4.78 is 36.7. The van der Waals surface area contributed by atoms with Crippen LogP contribution in [-0.4, -0.2) is 40.8 Å². The molecule has 0 spiro atoms. The van der Waals surface area contributed by atoms with E-state index < -0.39 is 24.0 Å². The van der Waals surface area contributed by atoms with E-state index in [1.165, 1.54) is 11.8 Å². The number of hydrogen-bond donors (Lipinski definition) is 0. The van der Waals surface area contributed by atoms with E-state index in [1.807, 2.05) is 0 Å². The molecule has 1 saturated heterocycles. The number of nitrogens with zero attached hydrogens (tertiary/aromatic N) is 2. The molecule has 1 aliphatic heterocycles. The van der Waals surface area contributed by atoms with Gasteiger partial charge in [0.15, 0.2) is 0 Å². The zero-order valence-electron chi connectivity index (χ0n) is 10.6. The number of likely N-dealkylation sites (tertiary alicyclic amines) is 1. The summed E-state index contributed by atoms with van der Waals surface area (Å²) >= 11 is 7.22. The predicted molar refractivity (Wildman–Crippen MR) is 70.7 cm³/mol. The molecule has 1 aromatic heterocycles. The van der Waals surface area contributed by atoms with Crippen LogP contribution >= 0.6 is 23.4 Å². The summed E-state index contributed by atoms with van der Waals surface area (Å²) in [6.45, 7) is 0.575. The van der Waals surface area contributed by atoms with E-state index in [-0.39, 0.29) is 6.54 Å². The monoisotopic (exact) mass is 324 g/mol. The molecule has 3 nitrogen and oxygen atoms in total. The molecule has 0 saturated carbocycles. The summed E-state index contributed by atoms with van der Waals surface area (Å²) in [5, 5.41) is 1.05. The maximum Gasteiger partial charge on any atom is 0.406 e. The van der Waals surface area contributed by atoms with Crippen LogP contribution in [0.4, 0.5) is 13.2 Å². The van der Waals surface area contributed by atoms with Gasteiger partial charge in [-0.15, -0.1) is 11.8 Å². The molecule has 0 bridgehead atoms. The highest BCUT2D eigenvalue weighted by molar-refractivity contribution is 7.99. The Morgan fingerprint density at radius 3 is 2.80 bits per heavy atom. The number of aromatic nitrogens is 1. The second kappa shape index (κ2) is 5.44. The van der Waals surface area contributed by atoms with Gasteiger partial charge in [-0.25, -0.2) is 4.98 Å². The number of rotatable bonds is 4. The SMILES string of the molecule is CC1(CSc2ncccc2Cl)CN(CC(F)(F)F)C1=O. The topological polar surface area (TPSA) is 33.2 Å². The van der Waals surface area contributed by atoms with Crippen molar-refractivity contribution < 1.29 is 18.0 Å². The molecule has 1 fully saturated rings. The maximum atomic E-state index is 12.2. The van der Waals surface area contributed by atoms with Crippen LogP contribution in [0.3, 0.4) is 0 Å². The number of carbonyl (C=O) groups excluding carboxylic acids is 1. The molecule has 1 aromatic rings. The van der Waals surface area contributed by atoms with E-state index in [0.717, 1.165) is 4.90 Å². The first-order valence-electron chi connectivity index (χ1n) is 5.81. The number of alkyl halides is 3. The molecule has 1 atom stereocenters. The van der Waals surface area contributed by atoms with Crippen LogP contribution < -0.4 is 0 Å². The maximum absolute atomic E-state index is 12.2. The van der Waals surface area contributed by atoms with Crippen LogP contribution in [0.5, 0.6) is 0 Å². The van der Waals surface area contributed by atoms with E-state index in [4.69, 9.17) is 11.6 Å². The van der Waals surface area contributed by atoms with Crippen molar-refractivity contribution in [1.82, 2.24) is 9.88 Å².